The summed E-state index contributed by atoms with van der Waals surface area (Å²) in [7, 11) is 1.27. The first-order chi connectivity index (χ1) is 11.8. The van der Waals surface area contributed by atoms with Crippen molar-refractivity contribution in [3.63, 3.8) is 0 Å². The van der Waals surface area contributed by atoms with E-state index in [0.717, 1.165) is 6.20 Å². The summed E-state index contributed by atoms with van der Waals surface area (Å²) in [4.78, 5) is 0. The maximum absolute atomic E-state index is 13.3. The van der Waals surface area contributed by atoms with E-state index in [2.05, 4.69) is 5.32 Å². The number of methoxy groups -OCH3 is 1. The Kier molecular flexibility index (Phi) is 6.25. The highest BCUT2D eigenvalue weighted by Crippen LogP contribution is 2.22. The van der Waals surface area contributed by atoms with Crippen molar-refractivity contribution in [2.45, 2.75) is 30.6 Å². The quantitative estimate of drug-likeness (QED) is 0.443. The van der Waals surface area contributed by atoms with Gasteiger partial charge in [0.05, 0.1) is 18.3 Å². The molecule has 140 valence electrons. The Morgan fingerprint density at radius 1 is 1.28 bits per heavy atom. The molecule has 0 saturated carbocycles. The monoisotopic (exact) mass is 364 g/mol. The molecule has 0 aromatic heterocycles. The molecule has 1 aromatic carbocycles. The molecule has 2 rings (SSSR count). The Morgan fingerprint density at radius 2 is 1.88 bits per heavy atom. The van der Waals surface area contributed by atoms with E-state index in [1.807, 2.05) is 0 Å². The molecule has 0 amide bonds. The Bertz CT molecular complexity index is 607. The van der Waals surface area contributed by atoms with E-state index in [0.29, 0.717) is 12.1 Å². The molecular formula is C15H19F3N2O5. The van der Waals surface area contributed by atoms with Crippen LogP contribution in [0.3, 0.4) is 0 Å². The number of aliphatic hydroxyl groups excluding tert-OH is 3. The molecule has 1 aliphatic rings. The standard InChI is InChI=1S/C15H19F3N2O5/c1-24-15-14(23)12(13(22)10(5-21)25-15)20-4-9(19)6-2-7(16)11(18)8(17)3-6/h2-4,10,12-15,20-23H,5,19H2,1H3/b9-4-. The minimum Gasteiger partial charge on any atom is -0.397 e. The summed E-state index contributed by atoms with van der Waals surface area (Å²) in [5.74, 6) is -4.43. The van der Waals surface area contributed by atoms with Gasteiger partial charge in [0.25, 0.3) is 0 Å². The molecule has 25 heavy (non-hydrogen) atoms. The molecule has 6 N–H and O–H groups in total. The molecule has 7 nitrogen and oxygen atoms in total. The Labute approximate surface area is 141 Å². The van der Waals surface area contributed by atoms with Crippen LogP contribution in [0.4, 0.5) is 13.2 Å². The smallest absolute Gasteiger partial charge is 0.194 e. The molecular weight excluding hydrogens is 345 g/mol. The number of hydrogen-bond donors (Lipinski definition) is 5. The summed E-state index contributed by atoms with van der Waals surface area (Å²) in [6.45, 7) is -0.528. The first-order valence-corrected chi connectivity index (χ1v) is 7.32. The zero-order chi connectivity index (χ0) is 18.7. The van der Waals surface area contributed by atoms with Gasteiger partial charge < -0.3 is 35.8 Å². The highest BCUT2D eigenvalue weighted by molar-refractivity contribution is 5.62. The Morgan fingerprint density at radius 3 is 2.40 bits per heavy atom. The SMILES string of the molecule is COC1OC(CO)C(O)C(N/C=C(\N)c2cc(F)c(F)c(F)c2)C1O. The van der Waals surface area contributed by atoms with Gasteiger partial charge in [-0.1, -0.05) is 0 Å². The van der Waals surface area contributed by atoms with Crippen LogP contribution >= 0.6 is 0 Å². The molecule has 1 saturated heterocycles. The fourth-order valence-electron chi connectivity index (χ4n) is 2.47. The minimum absolute atomic E-state index is 0.137. The van der Waals surface area contributed by atoms with Crippen molar-refractivity contribution < 1.29 is 38.0 Å². The largest absolute Gasteiger partial charge is 0.397 e. The average molecular weight is 364 g/mol. The minimum atomic E-state index is -1.62. The van der Waals surface area contributed by atoms with Crippen LogP contribution in [0.25, 0.3) is 5.70 Å². The summed E-state index contributed by atoms with van der Waals surface area (Å²) in [6.07, 6.45) is -3.70. The van der Waals surface area contributed by atoms with Gasteiger partial charge in [-0.05, 0) is 12.1 Å². The van der Waals surface area contributed by atoms with E-state index >= 15 is 0 Å². The summed E-state index contributed by atoms with van der Waals surface area (Å²) in [5, 5.41) is 32.1. The fourth-order valence-corrected chi connectivity index (χ4v) is 2.47. The molecule has 0 bridgehead atoms. The van der Waals surface area contributed by atoms with Gasteiger partial charge in [-0.3, -0.25) is 0 Å². The summed E-state index contributed by atoms with van der Waals surface area (Å²) in [6, 6.07) is 0.360. The van der Waals surface area contributed by atoms with Gasteiger partial charge in [-0.15, -0.1) is 0 Å². The lowest BCUT2D eigenvalue weighted by Crippen LogP contribution is -2.63. The molecule has 1 heterocycles. The first-order valence-electron chi connectivity index (χ1n) is 7.32. The molecule has 1 fully saturated rings. The van der Waals surface area contributed by atoms with E-state index in [9.17, 15) is 28.5 Å². The fraction of sp³-hybridized carbons (Fsp3) is 0.467. The molecule has 1 aliphatic heterocycles. The second-order valence-electron chi connectivity index (χ2n) is 5.49. The van der Waals surface area contributed by atoms with Crippen LogP contribution in [-0.2, 0) is 9.47 Å². The zero-order valence-electron chi connectivity index (χ0n) is 13.2. The second kappa shape index (κ2) is 8.02. The molecule has 0 radical (unpaired) electrons. The number of benzene rings is 1. The second-order valence-corrected chi connectivity index (χ2v) is 5.49. The first kappa shape index (κ1) is 19.5. The van der Waals surface area contributed by atoms with Crippen LogP contribution in [-0.4, -0.2) is 59.7 Å². The predicted octanol–water partition coefficient (Wildman–Crippen LogP) is -0.595. The van der Waals surface area contributed by atoms with Crippen molar-refractivity contribution in [2.75, 3.05) is 13.7 Å². The highest BCUT2D eigenvalue weighted by atomic mass is 19.2. The van der Waals surface area contributed by atoms with E-state index in [1.165, 1.54) is 7.11 Å². The normalized spacial score (nSPS) is 30.4. The number of nitrogens with two attached hydrogens (primary N) is 1. The topological polar surface area (TPSA) is 117 Å². The van der Waals surface area contributed by atoms with Crippen LogP contribution in [0.15, 0.2) is 18.3 Å². The molecule has 5 atom stereocenters. The van der Waals surface area contributed by atoms with Crippen molar-refractivity contribution >= 4 is 5.70 Å². The molecule has 10 heteroatoms. The lowest BCUT2D eigenvalue weighted by atomic mass is 9.96. The molecule has 0 spiro atoms. The highest BCUT2D eigenvalue weighted by Gasteiger charge is 2.44. The maximum atomic E-state index is 13.3. The van der Waals surface area contributed by atoms with Crippen LogP contribution in [0.5, 0.6) is 0 Å². The molecule has 0 aliphatic carbocycles. The van der Waals surface area contributed by atoms with Gasteiger partial charge in [0.15, 0.2) is 23.7 Å². The molecule has 5 unspecified atom stereocenters. The number of rotatable bonds is 5. The third-order valence-corrected chi connectivity index (χ3v) is 3.87. The number of ether oxygens (including phenoxy) is 2. The van der Waals surface area contributed by atoms with E-state index < -0.39 is 54.7 Å². The van der Waals surface area contributed by atoms with Gasteiger partial charge in [0.2, 0.25) is 0 Å². The van der Waals surface area contributed by atoms with E-state index in [4.69, 9.17) is 15.2 Å². The van der Waals surface area contributed by atoms with E-state index in [-0.39, 0.29) is 11.3 Å². The summed E-state index contributed by atoms with van der Waals surface area (Å²) >= 11 is 0. The van der Waals surface area contributed by atoms with Crippen molar-refractivity contribution in [2.24, 2.45) is 5.73 Å². The van der Waals surface area contributed by atoms with Crippen molar-refractivity contribution in [3.8, 4) is 0 Å². The van der Waals surface area contributed by atoms with Gasteiger partial charge in [-0.25, -0.2) is 13.2 Å². The number of aliphatic hydroxyl groups is 3. The lowest BCUT2D eigenvalue weighted by Gasteiger charge is -2.41. The number of halogens is 3. The van der Waals surface area contributed by atoms with Crippen molar-refractivity contribution in [1.29, 1.82) is 0 Å². The average Bonchev–Trinajstić information content (AvgIpc) is 2.59. The third-order valence-electron chi connectivity index (χ3n) is 3.87. The van der Waals surface area contributed by atoms with Gasteiger partial charge in [0.1, 0.15) is 18.3 Å². The summed E-state index contributed by atoms with van der Waals surface area (Å²) in [5.41, 5.74) is 5.39. The van der Waals surface area contributed by atoms with E-state index in [1.54, 1.807) is 0 Å². The number of hydrogen-bond acceptors (Lipinski definition) is 7. The molecule has 1 aromatic rings. The summed E-state index contributed by atoms with van der Waals surface area (Å²) < 4.78 is 49.6. The third kappa shape index (κ3) is 4.05. The van der Waals surface area contributed by atoms with Crippen LogP contribution < -0.4 is 11.1 Å². The maximum Gasteiger partial charge on any atom is 0.194 e. The van der Waals surface area contributed by atoms with Crippen LogP contribution in [0.2, 0.25) is 0 Å². The zero-order valence-corrected chi connectivity index (χ0v) is 13.2. The Hall–Kier alpha value is -1.85. The van der Waals surface area contributed by atoms with Crippen LogP contribution in [0.1, 0.15) is 5.56 Å². The van der Waals surface area contributed by atoms with Crippen molar-refractivity contribution in [1.82, 2.24) is 5.32 Å². The van der Waals surface area contributed by atoms with Gasteiger partial charge in [0, 0.05) is 18.9 Å². The van der Waals surface area contributed by atoms with Crippen molar-refractivity contribution in [3.05, 3.63) is 41.3 Å². The van der Waals surface area contributed by atoms with Crippen LogP contribution in [0, 0.1) is 17.5 Å². The van der Waals surface area contributed by atoms with Gasteiger partial charge >= 0.3 is 0 Å². The lowest BCUT2D eigenvalue weighted by molar-refractivity contribution is -0.270. The van der Waals surface area contributed by atoms with Gasteiger partial charge in [-0.2, -0.15) is 0 Å². The predicted molar refractivity (Wildman–Crippen MR) is 80.2 cm³/mol. The Balaban J connectivity index is 2.20. The number of nitrogens with one attached hydrogen (secondary N) is 1.